The van der Waals surface area contributed by atoms with Crippen LogP contribution in [0.1, 0.15) is 18.1 Å². The van der Waals surface area contributed by atoms with Gasteiger partial charge in [-0.1, -0.05) is 48.0 Å². The Morgan fingerprint density at radius 1 is 1.00 bits per heavy atom. The lowest BCUT2D eigenvalue weighted by Crippen LogP contribution is -2.31. The topological polar surface area (TPSA) is 21.7 Å². The minimum Gasteiger partial charge on any atom is -0.493 e. The van der Waals surface area contributed by atoms with Gasteiger partial charge in [-0.2, -0.15) is 0 Å². The molecule has 24 heavy (non-hydrogen) atoms. The van der Waals surface area contributed by atoms with E-state index >= 15 is 0 Å². The average molecular weight is 325 g/mol. The smallest absolute Gasteiger partial charge is 0.161 e. The molecule has 0 N–H and O–H groups in total. The fourth-order valence-electron chi connectivity index (χ4n) is 2.89. The molecule has 0 saturated carbocycles. The third-order valence-corrected chi connectivity index (χ3v) is 4.22. The highest BCUT2D eigenvalue weighted by Crippen LogP contribution is 2.29. The molecule has 2 aromatic rings. The summed E-state index contributed by atoms with van der Waals surface area (Å²) in [7, 11) is 7.57. The standard InChI is InChI=1S/C21H27NO2/c1-16(13-18-11-12-20(23-4)21(15-18)24-5)19(22(2)3)14-17-9-7-6-8-10-17/h6-13,15,19H,14H2,1-5H3. The van der Waals surface area contributed by atoms with Crippen LogP contribution in [-0.4, -0.2) is 39.3 Å². The van der Waals surface area contributed by atoms with Crippen LogP contribution < -0.4 is 9.47 Å². The zero-order valence-electron chi connectivity index (χ0n) is 15.2. The maximum atomic E-state index is 5.40. The van der Waals surface area contributed by atoms with Crippen molar-refractivity contribution in [2.75, 3.05) is 28.3 Å². The molecule has 1 atom stereocenters. The van der Waals surface area contributed by atoms with Crippen molar-refractivity contribution in [3.05, 3.63) is 65.2 Å². The summed E-state index contributed by atoms with van der Waals surface area (Å²) in [6.45, 7) is 2.18. The Kier molecular flexibility index (Phi) is 6.44. The lowest BCUT2D eigenvalue weighted by atomic mass is 9.97. The second-order valence-corrected chi connectivity index (χ2v) is 6.17. The zero-order valence-corrected chi connectivity index (χ0v) is 15.2. The van der Waals surface area contributed by atoms with Crippen molar-refractivity contribution in [1.29, 1.82) is 0 Å². The summed E-state index contributed by atoms with van der Waals surface area (Å²) in [5.74, 6) is 1.50. The number of hydrogen-bond acceptors (Lipinski definition) is 3. The Hall–Kier alpha value is -2.26. The van der Waals surface area contributed by atoms with Gasteiger partial charge in [0.15, 0.2) is 11.5 Å². The van der Waals surface area contributed by atoms with Gasteiger partial charge in [-0.3, -0.25) is 0 Å². The number of methoxy groups -OCH3 is 2. The molecular weight excluding hydrogens is 298 g/mol. The van der Waals surface area contributed by atoms with Gasteiger partial charge in [0.1, 0.15) is 0 Å². The SMILES string of the molecule is COc1ccc(C=C(C)C(Cc2ccccc2)N(C)C)cc1OC. The zero-order chi connectivity index (χ0) is 17.5. The van der Waals surface area contributed by atoms with Gasteiger partial charge in [-0.15, -0.1) is 0 Å². The summed E-state index contributed by atoms with van der Waals surface area (Å²) in [5.41, 5.74) is 3.78. The number of nitrogens with zero attached hydrogens (tertiary/aromatic N) is 1. The quantitative estimate of drug-likeness (QED) is 0.758. The first-order valence-electron chi connectivity index (χ1n) is 8.15. The Morgan fingerprint density at radius 2 is 1.67 bits per heavy atom. The number of rotatable bonds is 7. The summed E-state index contributed by atoms with van der Waals surface area (Å²) in [5, 5.41) is 0. The van der Waals surface area contributed by atoms with Gasteiger partial charge >= 0.3 is 0 Å². The van der Waals surface area contributed by atoms with Crippen molar-refractivity contribution in [2.45, 2.75) is 19.4 Å². The van der Waals surface area contributed by atoms with Crippen molar-refractivity contribution in [2.24, 2.45) is 0 Å². The van der Waals surface area contributed by atoms with Crippen LogP contribution in [0, 0.1) is 0 Å². The minimum atomic E-state index is 0.348. The molecule has 1 unspecified atom stereocenters. The molecule has 0 radical (unpaired) electrons. The molecule has 0 aliphatic carbocycles. The lowest BCUT2D eigenvalue weighted by Gasteiger charge is -2.25. The van der Waals surface area contributed by atoms with E-state index in [1.54, 1.807) is 14.2 Å². The summed E-state index contributed by atoms with van der Waals surface area (Å²) in [6.07, 6.45) is 3.21. The number of ether oxygens (including phenoxy) is 2. The Labute approximate surface area is 145 Å². The third-order valence-electron chi connectivity index (χ3n) is 4.22. The van der Waals surface area contributed by atoms with Gasteiger partial charge < -0.3 is 14.4 Å². The van der Waals surface area contributed by atoms with Crippen molar-refractivity contribution in [1.82, 2.24) is 4.90 Å². The minimum absolute atomic E-state index is 0.348. The second-order valence-electron chi connectivity index (χ2n) is 6.17. The summed E-state index contributed by atoms with van der Waals surface area (Å²) in [6, 6.07) is 17.0. The molecule has 0 aliphatic rings. The normalized spacial score (nSPS) is 13.0. The van der Waals surface area contributed by atoms with E-state index in [0.29, 0.717) is 6.04 Å². The van der Waals surface area contributed by atoms with Gasteiger partial charge in [0, 0.05) is 6.04 Å². The fourth-order valence-corrected chi connectivity index (χ4v) is 2.89. The highest BCUT2D eigenvalue weighted by atomic mass is 16.5. The van der Waals surface area contributed by atoms with E-state index in [9.17, 15) is 0 Å². The predicted molar refractivity (Wildman–Crippen MR) is 101 cm³/mol. The van der Waals surface area contributed by atoms with Crippen molar-refractivity contribution in [3.8, 4) is 11.5 Å². The molecular formula is C21H27NO2. The third kappa shape index (κ3) is 4.62. The molecule has 0 spiro atoms. The number of hydrogen-bond donors (Lipinski definition) is 0. The van der Waals surface area contributed by atoms with Crippen molar-refractivity contribution in [3.63, 3.8) is 0 Å². The molecule has 2 rings (SSSR count). The Morgan fingerprint density at radius 3 is 2.25 bits per heavy atom. The fraction of sp³-hybridized carbons (Fsp3) is 0.333. The maximum absolute atomic E-state index is 5.40. The van der Waals surface area contributed by atoms with Gasteiger partial charge in [0.25, 0.3) is 0 Å². The molecule has 0 bridgehead atoms. The largest absolute Gasteiger partial charge is 0.493 e. The Balaban J connectivity index is 2.25. The van der Waals surface area contributed by atoms with Gasteiger partial charge in [-0.25, -0.2) is 0 Å². The first-order chi connectivity index (χ1) is 11.5. The maximum Gasteiger partial charge on any atom is 0.161 e. The van der Waals surface area contributed by atoms with Crippen LogP contribution in [0.2, 0.25) is 0 Å². The van der Waals surface area contributed by atoms with E-state index in [0.717, 1.165) is 23.5 Å². The van der Waals surface area contributed by atoms with Crippen LogP contribution in [0.3, 0.4) is 0 Å². The van der Waals surface area contributed by atoms with E-state index in [1.165, 1.54) is 11.1 Å². The van der Waals surface area contributed by atoms with E-state index in [1.807, 2.05) is 12.1 Å². The van der Waals surface area contributed by atoms with Crippen LogP contribution in [0.25, 0.3) is 6.08 Å². The number of likely N-dealkylation sites (N-methyl/N-ethyl adjacent to an activating group) is 1. The summed E-state index contributed by atoms with van der Waals surface area (Å²) >= 11 is 0. The molecule has 0 saturated heterocycles. The van der Waals surface area contributed by atoms with E-state index in [2.05, 4.69) is 68.4 Å². The van der Waals surface area contributed by atoms with Crippen LogP contribution in [-0.2, 0) is 6.42 Å². The first kappa shape index (κ1) is 18.1. The van der Waals surface area contributed by atoms with Crippen LogP contribution in [0.5, 0.6) is 11.5 Å². The molecule has 0 aromatic heterocycles. The van der Waals surface area contributed by atoms with Crippen LogP contribution in [0.15, 0.2) is 54.1 Å². The Bertz CT molecular complexity index is 677. The highest BCUT2D eigenvalue weighted by Gasteiger charge is 2.14. The van der Waals surface area contributed by atoms with E-state index in [-0.39, 0.29) is 0 Å². The van der Waals surface area contributed by atoms with Gasteiger partial charge in [0.2, 0.25) is 0 Å². The van der Waals surface area contributed by atoms with Gasteiger partial charge in [0.05, 0.1) is 14.2 Å². The van der Waals surface area contributed by atoms with E-state index in [4.69, 9.17) is 9.47 Å². The highest BCUT2D eigenvalue weighted by molar-refractivity contribution is 5.58. The van der Waals surface area contributed by atoms with E-state index < -0.39 is 0 Å². The van der Waals surface area contributed by atoms with Crippen LogP contribution in [0.4, 0.5) is 0 Å². The molecule has 0 amide bonds. The molecule has 2 aromatic carbocycles. The molecule has 0 aliphatic heterocycles. The lowest BCUT2D eigenvalue weighted by molar-refractivity contribution is 0.329. The average Bonchev–Trinajstić information content (AvgIpc) is 2.60. The molecule has 0 heterocycles. The molecule has 3 nitrogen and oxygen atoms in total. The second kappa shape index (κ2) is 8.55. The van der Waals surface area contributed by atoms with Crippen molar-refractivity contribution < 1.29 is 9.47 Å². The monoisotopic (exact) mass is 325 g/mol. The predicted octanol–water partition coefficient (Wildman–Crippen LogP) is 4.28. The number of benzene rings is 2. The van der Waals surface area contributed by atoms with Gasteiger partial charge in [-0.05, 0) is 50.7 Å². The van der Waals surface area contributed by atoms with Crippen LogP contribution >= 0.6 is 0 Å². The summed E-state index contributed by atoms with van der Waals surface area (Å²) < 4.78 is 10.7. The summed E-state index contributed by atoms with van der Waals surface area (Å²) in [4.78, 5) is 2.26. The molecule has 0 fully saturated rings. The molecule has 3 heteroatoms. The molecule has 128 valence electrons. The first-order valence-corrected chi connectivity index (χ1v) is 8.15. The van der Waals surface area contributed by atoms with Crippen molar-refractivity contribution >= 4 is 6.08 Å².